The highest BCUT2D eigenvalue weighted by atomic mass is 32.2. The van der Waals surface area contributed by atoms with Crippen LogP contribution in [0.3, 0.4) is 0 Å². The van der Waals surface area contributed by atoms with E-state index < -0.39 is 15.9 Å². The average molecular weight is 250 g/mol. The van der Waals surface area contributed by atoms with Gasteiger partial charge in [-0.2, -0.15) is 0 Å². The average Bonchev–Trinajstić information content (AvgIpc) is 2.16. The van der Waals surface area contributed by atoms with Gasteiger partial charge in [0, 0.05) is 12.3 Å². The van der Waals surface area contributed by atoms with Crippen LogP contribution in [0.5, 0.6) is 0 Å². The van der Waals surface area contributed by atoms with Crippen molar-refractivity contribution in [2.75, 3.05) is 18.1 Å². The number of carbonyl (C=O) groups excluding carboxylic acids is 1. The van der Waals surface area contributed by atoms with E-state index in [1.807, 2.05) is 13.8 Å². The number of hydrogen-bond acceptors (Lipinski definition) is 4. The summed E-state index contributed by atoms with van der Waals surface area (Å²) in [4.78, 5) is 11.4. The second-order valence-electron chi connectivity index (χ2n) is 4.26. The van der Waals surface area contributed by atoms with Gasteiger partial charge in [-0.15, -0.1) is 0 Å². The van der Waals surface area contributed by atoms with Crippen molar-refractivity contribution in [1.82, 2.24) is 5.32 Å². The van der Waals surface area contributed by atoms with Crippen molar-refractivity contribution in [3.63, 3.8) is 0 Å². The highest BCUT2D eigenvalue weighted by molar-refractivity contribution is 7.91. The van der Waals surface area contributed by atoms with Crippen molar-refractivity contribution >= 4 is 15.7 Å². The van der Waals surface area contributed by atoms with E-state index in [-0.39, 0.29) is 24.0 Å². The van der Waals surface area contributed by atoms with E-state index >= 15 is 0 Å². The summed E-state index contributed by atoms with van der Waals surface area (Å²) < 4.78 is 22.3. The van der Waals surface area contributed by atoms with E-state index in [0.717, 1.165) is 0 Å². The minimum Gasteiger partial charge on any atom is -0.354 e. The lowest BCUT2D eigenvalue weighted by Crippen LogP contribution is -2.43. The minimum absolute atomic E-state index is 0.0242. The molecule has 6 heteroatoms. The molecule has 0 radical (unpaired) electrons. The molecule has 3 N–H and O–H groups in total. The zero-order valence-corrected chi connectivity index (χ0v) is 11.0. The molecular weight excluding hydrogens is 228 g/mol. The molecular formula is C10H22N2O3S. The first kappa shape index (κ1) is 15.4. The Hall–Kier alpha value is -0.620. The number of hydrogen-bond donors (Lipinski definition) is 2. The molecule has 0 saturated heterocycles. The van der Waals surface area contributed by atoms with E-state index in [9.17, 15) is 13.2 Å². The normalized spacial score (nSPS) is 13.8. The number of sulfone groups is 1. The Morgan fingerprint density at radius 3 is 2.38 bits per heavy atom. The third kappa shape index (κ3) is 6.79. The van der Waals surface area contributed by atoms with Gasteiger partial charge >= 0.3 is 0 Å². The summed E-state index contributed by atoms with van der Waals surface area (Å²) in [6, 6.07) is -0.552. The largest absolute Gasteiger partial charge is 0.354 e. The van der Waals surface area contributed by atoms with Crippen LogP contribution in [0.15, 0.2) is 0 Å². The Balaban J connectivity index is 3.90. The van der Waals surface area contributed by atoms with E-state index in [0.29, 0.717) is 12.3 Å². The molecule has 0 heterocycles. The first-order valence-electron chi connectivity index (χ1n) is 5.52. The number of amides is 1. The number of carbonyl (C=O) groups is 1. The monoisotopic (exact) mass is 250 g/mol. The lowest BCUT2D eigenvalue weighted by molar-refractivity contribution is -0.122. The molecule has 0 aromatic carbocycles. The van der Waals surface area contributed by atoms with Gasteiger partial charge in [0.05, 0.1) is 11.8 Å². The van der Waals surface area contributed by atoms with E-state index in [4.69, 9.17) is 5.73 Å². The second kappa shape index (κ2) is 6.85. The molecule has 16 heavy (non-hydrogen) atoms. The molecule has 0 aromatic heterocycles. The van der Waals surface area contributed by atoms with Crippen molar-refractivity contribution in [1.29, 1.82) is 0 Å². The van der Waals surface area contributed by atoms with Gasteiger partial charge in [0.15, 0.2) is 9.84 Å². The lowest BCUT2D eigenvalue weighted by atomic mass is 10.0. The summed E-state index contributed by atoms with van der Waals surface area (Å²) in [6.07, 6.45) is 0.604. The molecule has 0 fully saturated rings. The predicted molar refractivity (Wildman–Crippen MR) is 64.8 cm³/mol. The van der Waals surface area contributed by atoms with Crippen LogP contribution in [0.4, 0.5) is 0 Å². The smallest absolute Gasteiger partial charge is 0.236 e. The molecule has 0 unspecified atom stereocenters. The van der Waals surface area contributed by atoms with Crippen LogP contribution in [0, 0.1) is 5.92 Å². The molecule has 0 aliphatic carbocycles. The zero-order valence-electron chi connectivity index (χ0n) is 10.2. The first-order valence-corrected chi connectivity index (χ1v) is 7.34. The van der Waals surface area contributed by atoms with Gasteiger partial charge in [-0.05, 0) is 12.3 Å². The third-order valence-corrected chi connectivity index (χ3v) is 3.92. The summed E-state index contributed by atoms with van der Waals surface area (Å²) in [7, 11) is -3.02. The number of nitrogens with two attached hydrogens (primary N) is 1. The topological polar surface area (TPSA) is 89.3 Å². The Labute approximate surface area is 97.7 Å². The fraction of sp³-hybridized carbons (Fsp3) is 0.900. The summed E-state index contributed by atoms with van der Waals surface area (Å²) in [5, 5.41) is 2.54. The van der Waals surface area contributed by atoms with Crippen LogP contribution in [-0.4, -0.2) is 38.4 Å². The van der Waals surface area contributed by atoms with Crippen molar-refractivity contribution in [2.24, 2.45) is 11.7 Å². The maximum atomic E-state index is 11.4. The molecule has 0 saturated carbocycles. The van der Waals surface area contributed by atoms with E-state index in [1.54, 1.807) is 6.92 Å². The van der Waals surface area contributed by atoms with Gasteiger partial charge in [-0.25, -0.2) is 8.42 Å². The molecule has 0 spiro atoms. The maximum Gasteiger partial charge on any atom is 0.236 e. The van der Waals surface area contributed by atoms with Crippen molar-refractivity contribution in [3.8, 4) is 0 Å². The minimum atomic E-state index is -3.02. The van der Waals surface area contributed by atoms with Gasteiger partial charge in [0.1, 0.15) is 0 Å². The van der Waals surface area contributed by atoms with Crippen molar-refractivity contribution in [2.45, 2.75) is 33.2 Å². The maximum absolute atomic E-state index is 11.4. The number of nitrogens with one attached hydrogen (secondary N) is 1. The van der Waals surface area contributed by atoms with Crippen LogP contribution in [-0.2, 0) is 14.6 Å². The lowest BCUT2D eigenvalue weighted by Gasteiger charge is -2.13. The molecule has 5 nitrogen and oxygen atoms in total. The Bertz CT molecular complexity index is 312. The van der Waals surface area contributed by atoms with Gasteiger partial charge in [-0.1, -0.05) is 20.8 Å². The standard InChI is InChI=1S/C10H22N2O3S/c1-4-16(14,15)6-5-12-10(13)9(11)7-8(2)3/h8-9H,4-7,11H2,1-3H3,(H,12,13)/t9-/m0/s1. The predicted octanol–water partition coefficient (Wildman–Crippen LogP) is -0.0893. The first-order chi connectivity index (χ1) is 7.28. The van der Waals surface area contributed by atoms with E-state index in [1.165, 1.54) is 0 Å². The SMILES string of the molecule is CCS(=O)(=O)CCNC(=O)[C@@H](N)CC(C)C. The molecule has 1 atom stereocenters. The highest BCUT2D eigenvalue weighted by Crippen LogP contribution is 2.02. The Kier molecular flexibility index (Phi) is 6.59. The van der Waals surface area contributed by atoms with Gasteiger partial charge < -0.3 is 11.1 Å². The summed E-state index contributed by atoms with van der Waals surface area (Å²) >= 11 is 0. The van der Waals surface area contributed by atoms with Gasteiger partial charge in [0.25, 0.3) is 0 Å². The molecule has 0 aromatic rings. The molecule has 0 aliphatic heterocycles. The van der Waals surface area contributed by atoms with Crippen LogP contribution >= 0.6 is 0 Å². The molecule has 96 valence electrons. The highest BCUT2D eigenvalue weighted by Gasteiger charge is 2.15. The van der Waals surface area contributed by atoms with Crippen molar-refractivity contribution in [3.05, 3.63) is 0 Å². The van der Waals surface area contributed by atoms with Crippen LogP contribution in [0.1, 0.15) is 27.2 Å². The quantitative estimate of drug-likeness (QED) is 0.661. The summed E-state index contributed by atoms with van der Waals surface area (Å²) in [5.74, 6) is 0.144. The van der Waals surface area contributed by atoms with E-state index in [2.05, 4.69) is 5.32 Å². The Morgan fingerprint density at radius 1 is 1.38 bits per heavy atom. The fourth-order valence-corrected chi connectivity index (χ4v) is 1.92. The third-order valence-electron chi connectivity index (χ3n) is 2.21. The Morgan fingerprint density at radius 2 is 1.94 bits per heavy atom. The van der Waals surface area contributed by atoms with Crippen molar-refractivity contribution < 1.29 is 13.2 Å². The molecule has 0 aliphatic rings. The fourth-order valence-electron chi connectivity index (χ4n) is 1.22. The zero-order chi connectivity index (χ0) is 12.8. The van der Waals surface area contributed by atoms with Gasteiger partial charge in [0.2, 0.25) is 5.91 Å². The van der Waals surface area contributed by atoms with Crippen LogP contribution < -0.4 is 11.1 Å². The second-order valence-corrected chi connectivity index (χ2v) is 6.74. The summed E-state index contributed by atoms with van der Waals surface area (Å²) in [5.41, 5.74) is 5.64. The molecule has 0 bridgehead atoms. The summed E-state index contributed by atoms with van der Waals surface area (Å²) in [6.45, 7) is 5.69. The molecule has 0 rings (SSSR count). The van der Waals surface area contributed by atoms with Crippen LogP contribution in [0.25, 0.3) is 0 Å². The molecule has 1 amide bonds. The van der Waals surface area contributed by atoms with Crippen LogP contribution in [0.2, 0.25) is 0 Å². The number of rotatable bonds is 7. The van der Waals surface area contributed by atoms with Gasteiger partial charge in [-0.3, -0.25) is 4.79 Å².